The van der Waals surface area contributed by atoms with Crippen LogP contribution >= 0.6 is 11.6 Å². The molecule has 2 fully saturated rings. The summed E-state index contributed by atoms with van der Waals surface area (Å²) in [5.74, 6) is -0.119. The molecule has 2 aromatic carbocycles. The van der Waals surface area contributed by atoms with E-state index in [9.17, 15) is 9.59 Å². The molecule has 0 bridgehead atoms. The second-order valence-electron chi connectivity index (χ2n) is 6.87. The molecule has 25 heavy (non-hydrogen) atoms. The van der Waals surface area contributed by atoms with Gasteiger partial charge >= 0.3 is 0 Å². The van der Waals surface area contributed by atoms with Crippen LogP contribution < -0.4 is 10.6 Å². The summed E-state index contributed by atoms with van der Waals surface area (Å²) in [6.45, 7) is 0. The van der Waals surface area contributed by atoms with Crippen LogP contribution in [0.2, 0.25) is 5.02 Å². The minimum absolute atomic E-state index is 0.0328. The van der Waals surface area contributed by atoms with Gasteiger partial charge in [0.2, 0.25) is 5.91 Å². The molecule has 0 aliphatic heterocycles. The summed E-state index contributed by atoms with van der Waals surface area (Å²) in [6.07, 6.45) is 3.74. The van der Waals surface area contributed by atoms with Crippen LogP contribution in [0.4, 0.5) is 5.69 Å². The third-order valence-corrected chi connectivity index (χ3v) is 5.13. The highest BCUT2D eigenvalue weighted by Gasteiger charge is 2.51. The SMILES string of the molecule is O=C(NC1CC1)c1cccc(NC(=O)C2(c3ccc(Cl)cc3)CC2)c1. The van der Waals surface area contributed by atoms with Gasteiger partial charge in [-0.05, 0) is 61.6 Å². The lowest BCUT2D eigenvalue weighted by molar-refractivity contribution is -0.118. The Morgan fingerprint density at radius 1 is 1.04 bits per heavy atom. The highest BCUT2D eigenvalue weighted by Crippen LogP contribution is 2.49. The quantitative estimate of drug-likeness (QED) is 0.855. The maximum atomic E-state index is 12.8. The summed E-state index contributed by atoms with van der Waals surface area (Å²) in [6, 6.07) is 14.9. The summed E-state index contributed by atoms with van der Waals surface area (Å²) in [5.41, 5.74) is 1.73. The summed E-state index contributed by atoms with van der Waals surface area (Å²) < 4.78 is 0. The molecule has 4 rings (SSSR count). The van der Waals surface area contributed by atoms with Gasteiger partial charge in [-0.25, -0.2) is 0 Å². The molecule has 0 unspecified atom stereocenters. The highest BCUT2D eigenvalue weighted by molar-refractivity contribution is 6.30. The Morgan fingerprint density at radius 2 is 1.76 bits per heavy atom. The molecule has 0 aromatic heterocycles. The van der Waals surface area contributed by atoms with Crippen molar-refractivity contribution >= 4 is 29.1 Å². The van der Waals surface area contributed by atoms with Gasteiger partial charge in [0.05, 0.1) is 5.41 Å². The van der Waals surface area contributed by atoms with Gasteiger partial charge in [-0.15, -0.1) is 0 Å². The largest absolute Gasteiger partial charge is 0.349 e. The van der Waals surface area contributed by atoms with Crippen LogP contribution in [-0.4, -0.2) is 17.9 Å². The van der Waals surface area contributed by atoms with E-state index < -0.39 is 5.41 Å². The lowest BCUT2D eigenvalue weighted by Crippen LogP contribution is -2.28. The maximum absolute atomic E-state index is 12.8. The first kappa shape index (κ1) is 16.2. The molecule has 128 valence electrons. The fourth-order valence-corrected chi connectivity index (χ4v) is 3.15. The van der Waals surface area contributed by atoms with Crippen LogP contribution in [-0.2, 0) is 10.2 Å². The smallest absolute Gasteiger partial charge is 0.251 e. The van der Waals surface area contributed by atoms with Gasteiger partial charge in [0.15, 0.2) is 0 Å². The number of rotatable bonds is 5. The molecule has 0 saturated heterocycles. The predicted octanol–water partition coefficient (Wildman–Crippen LogP) is 3.90. The lowest BCUT2D eigenvalue weighted by Gasteiger charge is -2.16. The van der Waals surface area contributed by atoms with Crippen LogP contribution in [0, 0.1) is 0 Å². The second kappa shape index (κ2) is 6.19. The Hall–Kier alpha value is -2.33. The number of carbonyl (C=O) groups excluding carboxylic acids is 2. The number of carbonyl (C=O) groups is 2. The van der Waals surface area contributed by atoms with Gasteiger partial charge in [-0.1, -0.05) is 29.8 Å². The molecule has 0 atom stereocenters. The van der Waals surface area contributed by atoms with E-state index in [-0.39, 0.29) is 11.8 Å². The van der Waals surface area contributed by atoms with E-state index in [1.165, 1.54) is 0 Å². The molecule has 0 heterocycles. The van der Waals surface area contributed by atoms with Crippen LogP contribution in [0.25, 0.3) is 0 Å². The van der Waals surface area contributed by atoms with Crippen molar-refractivity contribution in [2.24, 2.45) is 0 Å². The van der Waals surface area contributed by atoms with Gasteiger partial charge in [-0.2, -0.15) is 0 Å². The van der Waals surface area contributed by atoms with E-state index in [1.54, 1.807) is 18.2 Å². The first-order valence-electron chi connectivity index (χ1n) is 8.55. The molecule has 2 saturated carbocycles. The maximum Gasteiger partial charge on any atom is 0.251 e. The molecular weight excluding hydrogens is 336 g/mol. The van der Waals surface area contributed by atoms with E-state index in [4.69, 9.17) is 11.6 Å². The van der Waals surface area contributed by atoms with Crippen molar-refractivity contribution in [1.29, 1.82) is 0 Å². The lowest BCUT2D eigenvalue weighted by atomic mass is 9.95. The zero-order valence-electron chi connectivity index (χ0n) is 13.7. The molecule has 5 heteroatoms. The van der Waals surface area contributed by atoms with Crippen LogP contribution in [0.15, 0.2) is 48.5 Å². The molecule has 2 aromatic rings. The van der Waals surface area contributed by atoms with Gasteiger partial charge in [0.1, 0.15) is 0 Å². The number of hydrogen-bond donors (Lipinski definition) is 2. The summed E-state index contributed by atoms with van der Waals surface area (Å²) >= 11 is 5.94. The first-order valence-corrected chi connectivity index (χ1v) is 8.93. The third kappa shape index (κ3) is 3.40. The number of nitrogens with one attached hydrogen (secondary N) is 2. The van der Waals surface area contributed by atoms with Crippen molar-refractivity contribution in [3.05, 3.63) is 64.7 Å². The molecule has 0 radical (unpaired) electrons. The average Bonchev–Trinajstić information content (AvgIpc) is 3.51. The van der Waals surface area contributed by atoms with E-state index in [2.05, 4.69) is 10.6 Å². The van der Waals surface area contributed by atoms with Gasteiger partial charge in [-0.3, -0.25) is 9.59 Å². The molecule has 2 amide bonds. The van der Waals surface area contributed by atoms with E-state index >= 15 is 0 Å². The Bertz CT molecular complexity index is 824. The summed E-state index contributed by atoms with van der Waals surface area (Å²) in [7, 11) is 0. The summed E-state index contributed by atoms with van der Waals surface area (Å²) in [4.78, 5) is 25.0. The topological polar surface area (TPSA) is 58.2 Å². The van der Waals surface area contributed by atoms with Gasteiger partial charge in [0.25, 0.3) is 5.91 Å². The zero-order chi connectivity index (χ0) is 17.4. The number of hydrogen-bond acceptors (Lipinski definition) is 2. The van der Waals surface area contributed by atoms with Crippen molar-refractivity contribution in [2.45, 2.75) is 37.1 Å². The summed E-state index contributed by atoms with van der Waals surface area (Å²) in [5, 5.41) is 6.59. The Balaban J connectivity index is 1.49. The highest BCUT2D eigenvalue weighted by atomic mass is 35.5. The van der Waals surface area contributed by atoms with Crippen LogP contribution in [0.1, 0.15) is 41.6 Å². The Labute approximate surface area is 151 Å². The van der Waals surface area contributed by atoms with Crippen LogP contribution in [0.5, 0.6) is 0 Å². The monoisotopic (exact) mass is 354 g/mol. The zero-order valence-corrected chi connectivity index (χ0v) is 14.5. The third-order valence-electron chi connectivity index (χ3n) is 4.88. The standard InChI is InChI=1S/C20H19ClN2O2/c21-15-6-4-14(5-7-15)20(10-11-20)19(25)23-17-3-1-2-13(12-17)18(24)22-16-8-9-16/h1-7,12,16H,8-11H2,(H,22,24)(H,23,25). The van der Waals surface area contributed by atoms with E-state index in [0.717, 1.165) is 31.2 Å². The number of benzene rings is 2. The van der Waals surface area contributed by atoms with Crippen molar-refractivity contribution in [2.75, 3.05) is 5.32 Å². The molecular formula is C20H19ClN2O2. The molecule has 4 nitrogen and oxygen atoms in total. The van der Waals surface area contributed by atoms with E-state index in [1.807, 2.05) is 30.3 Å². The minimum atomic E-state index is -0.475. The molecule has 2 aliphatic rings. The van der Waals surface area contributed by atoms with Crippen molar-refractivity contribution < 1.29 is 9.59 Å². The minimum Gasteiger partial charge on any atom is -0.349 e. The predicted molar refractivity (Wildman–Crippen MR) is 97.9 cm³/mol. The number of anilines is 1. The molecule has 0 spiro atoms. The fraction of sp³-hybridized carbons (Fsp3) is 0.300. The van der Waals surface area contributed by atoms with Gasteiger partial charge < -0.3 is 10.6 Å². The Morgan fingerprint density at radius 3 is 2.40 bits per heavy atom. The van der Waals surface area contributed by atoms with Crippen LogP contribution in [0.3, 0.4) is 0 Å². The molecule has 2 aliphatic carbocycles. The van der Waals surface area contributed by atoms with Crippen molar-refractivity contribution in [3.8, 4) is 0 Å². The Kier molecular flexibility index (Phi) is 4.00. The normalized spacial score (nSPS) is 17.6. The van der Waals surface area contributed by atoms with E-state index in [0.29, 0.717) is 22.3 Å². The van der Waals surface area contributed by atoms with Crippen molar-refractivity contribution in [1.82, 2.24) is 5.32 Å². The number of halogens is 1. The molecule has 2 N–H and O–H groups in total. The van der Waals surface area contributed by atoms with Crippen molar-refractivity contribution in [3.63, 3.8) is 0 Å². The first-order chi connectivity index (χ1) is 12.1. The number of amides is 2. The average molecular weight is 355 g/mol. The second-order valence-corrected chi connectivity index (χ2v) is 7.31. The van der Waals surface area contributed by atoms with Gasteiger partial charge in [0, 0.05) is 22.3 Å². The fourth-order valence-electron chi connectivity index (χ4n) is 3.03.